The van der Waals surface area contributed by atoms with Crippen LogP contribution >= 0.6 is 0 Å². The van der Waals surface area contributed by atoms with Gasteiger partial charge in [0.2, 0.25) is 0 Å². The molecular formula is C16H27N3O. The van der Waals surface area contributed by atoms with E-state index in [1.54, 1.807) is 0 Å². The lowest BCUT2D eigenvalue weighted by molar-refractivity contribution is -0.0881. The van der Waals surface area contributed by atoms with Crippen molar-refractivity contribution in [2.45, 2.75) is 64.9 Å². The van der Waals surface area contributed by atoms with Gasteiger partial charge in [0.05, 0.1) is 0 Å². The summed E-state index contributed by atoms with van der Waals surface area (Å²) >= 11 is 0. The molecule has 0 bridgehead atoms. The molecule has 1 fully saturated rings. The molecule has 0 radical (unpaired) electrons. The number of hydrogen-bond donors (Lipinski definition) is 1. The van der Waals surface area contributed by atoms with Gasteiger partial charge in [0.25, 0.3) is 0 Å². The van der Waals surface area contributed by atoms with Crippen LogP contribution in [0, 0.1) is 5.92 Å². The molecule has 1 aliphatic rings. The van der Waals surface area contributed by atoms with Gasteiger partial charge in [-0.05, 0) is 38.5 Å². The number of nitrogen functional groups attached to an aromatic ring is 1. The van der Waals surface area contributed by atoms with Crippen molar-refractivity contribution in [1.82, 2.24) is 9.97 Å². The summed E-state index contributed by atoms with van der Waals surface area (Å²) in [6.45, 7) is 7.17. The Morgan fingerprint density at radius 3 is 2.85 bits per heavy atom. The number of nitrogens with two attached hydrogens (primary N) is 1. The number of nitrogens with zero attached hydrogens (tertiary/aromatic N) is 2. The minimum Gasteiger partial charge on any atom is -0.384 e. The molecule has 1 aromatic rings. The smallest absolute Gasteiger partial charge is 0.162 e. The number of aryl methyl sites for hydroxylation is 1. The van der Waals surface area contributed by atoms with Crippen LogP contribution < -0.4 is 5.73 Å². The Hall–Kier alpha value is -1.16. The second kappa shape index (κ2) is 6.53. The molecule has 1 aliphatic carbocycles. The molecule has 0 amide bonds. The molecule has 2 rings (SSSR count). The fraction of sp³-hybridized carbons (Fsp3) is 0.750. The van der Waals surface area contributed by atoms with E-state index in [4.69, 9.17) is 15.5 Å². The molecule has 1 saturated carbocycles. The predicted molar refractivity (Wildman–Crippen MR) is 81.4 cm³/mol. The van der Waals surface area contributed by atoms with Crippen LogP contribution in [0.2, 0.25) is 0 Å². The maximum Gasteiger partial charge on any atom is 0.162 e. The third-order valence-corrected chi connectivity index (χ3v) is 4.09. The molecule has 0 saturated heterocycles. The van der Waals surface area contributed by atoms with Crippen molar-refractivity contribution in [3.8, 4) is 0 Å². The van der Waals surface area contributed by atoms with Crippen molar-refractivity contribution in [3.05, 3.63) is 17.6 Å². The lowest BCUT2D eigenvalue weighted by Gasteiger charge is -2.38. The predicted octanol–water partition coefficient (Wildman–Crippen LogP) is 3.45. The van der Waals surface area contributed by atoms with Gasteiger partial charge in [0.15, 0.2) is 5.82 Å². The number of rotatable bonds is 5. The third-order valence-electron chi connectivity index (χ3n) is 4.09. The molecule has 1 aromatic heterocycles. The summed E-state index contributed by atoms with van der Waals surface area (Å²) < 4.78 is 6.13. The van der Waals surface area contributed by atoms with Gasteiger partial charge in [-0.2, -0.15) is 0 Å². The van der Waals surface area contributed by atoms with Crippen molar-refractivity contribution in [2.24, 2.45) is 5.92 Å². The highest BCUT2D eigenvalue weighted by molar-refractivity contribution is 5.31. The van der Waals surface area contributed by atoms with E-state index in [2.05, 4.69) is 18.8 Å². The van der Waals surface area contributed by atoms with Crippen LogP contribution in [0.3, 0.4) is 0 Å². The molecule has 2 unspecified atom stereocenters. The van der Waals surface area contributed by atoms with Gasteiger partial charge in [0, 0.05) is 18.4 Å². The minimum atomic E-state index is -0.329. The molecule has 0 aromatic carbocycles. The lowest BCUT2D eigenvalue weighted by Crippen LogP contribution is -2.37. The molecule has 20 heavy (non-hydrogen) atoms. The summed E-state index contributed by atoms with van der Waals surface area (Å²) in [5.74, 6) is 2.01. The van der Waals surface area contributed by atoms with E-state index < -0.39 is 0 Å². The number of anilines is 1. The summed E-state index contributed by atoms with van der Waals surface area (Å²) in [6, 6.07) is 1.89. The third kappa shape index (κ3) is 3.29. The van der Waals surface area contributed by atoms with Crippen LogP contribution in [0.1, 0.15) is 64.4 Å². The molecular weight excluding hydrogens is 250 g/mol. The Balaban J connectivity index is 2.37. The summed E-state index contributed by atoms with van der Waals surface area (Å²) in [5.41, 5.74) is 6.68. The van der Waals surface area contributed by atoms with Crippen molar-refractivity contribution < 1.29 is 4.74 Å². The van der Waals surface area contributed by atoms with Crippen molar-refractivity contribution in [3.63, 3.8) is 0 Å². The topological polar surface area (TPSA) is 61.0 Å². The van der Waals surface area contributed by atoms with E-state index >= 15 is 0 Å². The molecule has 2 atom stereocenters. The number of ether oxygens (including phenoxy) is 1. The largest absolute Gasteiger partial charge is 0.384 e. The zero-order valence-electron chi connectivity index (χ0n) is 13.0. The summed E-state index contributed by atoms with van der Waals surface area (Å²) in [7, 11) is 0. The normalized spacial score (nSPS) is 26.6. The molecule has 0 aliphatic heterocycles. The zero-order chi connectivity index (χ0) is 14.6. The van der Waals surface area contributed by atoms with Crippen LogP contribution in [-0.4, -0.2) is 16.6 Å². The second-order valence-electron chi connectivity index (χ2n) is 5.99. The van der Waals surface area contributed by atoms with Crippen molar-refractivity contribution in [2.75, 3.05) is 12.3 Å². The highest BCUT2D eigenvalue weighted by Gasteiger charge is 2.40. The minimum absolute atomic E-state index is 0.329. The zero-order valence-corrected chi connectivity index (χ0v) is 13.0. The maximum absolute atomic E-state index is 6.13. The van der Waals surface area contributed by atoms with Gasteiger partial charge in [0.1, 0.15) is 11.4 Å². The van der Waals surface area contributed by atoms with Crippen LogP contribution in [-0.2, 0) is 16.8 Å². The quantitative estimate of drug-likeness (QED) is 0.895. The average molecular weight is 277 g/mol. The van der Waals surface area contributed by atoms with Gasteiger partial charge < -0.3 is 10.5 Å². The number of hydrogen-bond acceptors (Lipinski definition) is 4. The first-order valence-corrected chi connectivity index (χ1v) is 7.87. The molecule has 1 heterocycles. The van der Waals surface area contributed by atoms with E-state index in [0.717, 1.165) is 37.2 Å². The van der Waals surface area contributed by atoms with Crippen LogP contribution in [0.5, 0.6) is 0 Å². The van der Waals surface area contributed by atoms with E-state index in [0.29, 0.717) is 18.3 Å². The first kappa shape index (κ1) is 15.2. The Kier molecular flexibility index (Phi) is 4.97. The van der Waals surface area contributed by atoms with Crippen LogP contribution in [0.15, 0.2) is 6.07 Å². The molecule has 0 spiro atoms. The van der Waals surface area contributed by atoms with E-state index in [1.807, 2.05) is 13.0 Å². The Labute approximate surface area is 122 Å². The fourth-order valence-corrected chi connectivity index (χ4v) is 3.28. The average Bonchev–Trinajstić information content (AvgIpc) is 2.39. The van der Waals surface area contributed by atoms with Gasteiger partial charge in [-0.1, -0.05) is 26.7 Å². The van der Waals surface area contributed by atoms with E-state index in [1.165, 1.54) is 12.8 Å². The molecule has 4 heteroatoms. The highest BCUT2D eigenvalue weighted by atomic mass is 16.5. The molecule has 2 N–H and O–H groups in total. The van der Waals surface area contributed by atoms with Crippen molar-refractivity contribution >= 4 is 5.82 Å². The maximum atomic E-state index is 6.13. The molecule has 4 nitrogen and oxygen atoms in total. The van der Waals surface area contributed by atoms with Crippen LogP contribution in [0.4, 0.5) is 5.82 Å². The summed E-state index contributed by atoms with van der Waals surface area (Å²) in [5, 5.41) is 0. The van der Waals surface area contributed by atoms with Crippen LogP contribution in [0.25, 0.3) is 0 Å². The highest BCUT2D eigenvalue weighted by Crippen LogP contribution is 2.41. The first-order valence-electron chi connectivity index (χ1n) is 7.87. The molecule has 112 valence electrons. The Morgan fingerprint density at radius 2 is 2.20 bits per heavy atom. The van der Waals surface area contributed by atoms with E-state index in [9.17, 15) is 0 Å². The first-order chi connectivity index (χ1) is 9.59. The van der Waals surface area contributed by atoms with Gasteiger partial charge in [-0.3, -0.25) is 0 Å². The number of aromatic nitrogens is 2. The van der Waals surface area contributed by atoms with Gasteiger partial charge in [-0.15, -0.1) is 0 Å². The second-order valence-corrected chi connectivity index (χ2v) is 5.99. The Bertz CT molecular complexity index is 445. The Morgan fingerprint density at radius 1 is 1.40 bits per heavy atom. The lowest BCUT2D eigenvalue weighted by atomic mass is 9.78. The summed E-state index contributed by atoms with van der Waals surface area (Å²) in [6.07, 6.45) is 6.43. The van der Waals surface area contributed by atoms with Gasteiger partial charge >= 0.3 is 0 Å². The van der Waals surface area contributed by atoms with E-state index in [-0.39, 0.29) is 5.60 Å². The standard InChI is InChI=1S/C16H27N3O/c1-4-7-13-10-14(17)19-15(18-13)16(20-5-2)9-6-8-12(3)11-16/h10,12H,4-9,11H2,1-3H3,(H2,17,18,19). The fourth-order valence-electron chi connectivity index (χ4n) is 3.28. The summed E-state index contributed by atoms with van der Waals surface area (Å²) in [4.78, 5) is 9.26. The monoisotopic (exact) mass is 277 g/mol. The van der Waals surface area contributed by atoms with Crippen molar-refractivity contribution in [1.29, 1.82) is 0 Å². The SMILES string of the molecule is CCCc1cc(N)nc(C2(OCC)CCCC(C)C2)n1. The van der Waals surface area contributed by atoms with Gasteiger partial charge in [-0.25, -0.2) is 9.97 Å².